The molecule has 0 aliphatic heterocycles. The van der Waals surface area contributed by atoms with Gasteiger partial charge >= 0.3 is 0 Å². The van der Waals surface area contributed by atoms with Gasteiger partial charge in [0.05, 0.1) is 11.4 Å². The Labute approximate surface area is 96.7 Å². The Morgan fingerprint density at radius 1 is 1.40 bits per heavy atom. The maximum Gasteiger partial charge on any atom is 0.0599 e. The van der Waals surface area contributed by atoms with E-state index in [0.717, 1.165) is 24.4 Å². The number of aromatic nitrogens is 2. The van der Waals surface area contributed by atoms with Gasteiger partial charge in [0, 0.05) is 31.5 Å². The maximum absolute atomic E-state index is 8.06. The Balaban J connectivity index is 0.000000423. The molecular weight excluding hydrogens is 210 g/mol. The van der Waals surface area contributed by atoms with Gasteiger partial charge < -0.3 is 5.11 Å². The minimum absolute atomic E-state index is 0.167. The molecule has 0 aliphatic carbocycles. The highest BCUT2D eigenvalue weighted by Crippen LogP contribution is 1.93. The van der Waals surface area contributed by atoms with Crippen LogP contribution in [0.15, 0.2) is 12.4 Å². The molecule has 0 aromatic carbocycles. The third kappa shape index (κ3) is 9.65. The lowest BCUT2D eigenvalue weighted by Gasteiger charge is -1.97. The SMILES string of the molecule is CC(C)O.Cc1cnc(CCNS)cn1. The van der Waals surface area contributed by atoms with E-state index in [1.165, 1.54) is 0 Å². The van der Waals surface area contributed by atoms with Gasteiger partial charge in [-0.2, -0.15) is 0 Å². The summed E-state index contributed by atoms with van der Waals surface area (Å²) in [6, 6.07) is 0. The zero-order chi connectivity index (χ0) is 11.7. The second-order valence-corrected chi connectivity index (χ2v) is 3.72. The Kier molecular flexibility index (Phi) is 8.27. The number of nitrogens with zero attached hydrogens (tertiary/aromatic N) is 2. The Bertz CT molecular complexity index is 249. The molecule has 1 aromatic rings. The van der Waals surface area contributed by atoms with Crippen molar-refractivity contribution in [3.8, 4) is 0 Å². The van der Waals surface area contributed by atoms with E-state index in [4.69, 9.17) is 5.11 Å². The molecule has 0 unspecified atom stereocenters. The summed E-state index contributed by atoms with van der Waals surface area (Å²) in [5.74, 6) is 0. The van der Waals surface area contributed by atoms with Gasteiger partial charge in [0.2, 0.25) is 0 Å². The summed E-state index contributed by atoms with van der Waals surface area (Å²) in [5.41, 5.74) is 1.95. The summed E-state index contributed by atoms with van der Waals surface area (Å²) in [4.78, 5) is 8.30. The molecule has 0 amide bonds. The van der Waals surface area contributed by atoms with Crippen LogP contribution in [0, 0.1) is 6.92 Å². The monoisotopic (exact) mass is 229 g/mol. The van der Waals surface area contributed by atoms with Gasteiger partial charge in [0.15, 0.2) is 0 Å². The van der Waals surface area contributed by atoms with Crippen LogP contribution >= 0.6 is 12.8 Å². The Morgan fingerprint density at radius 3 is 2.40 bits per heavy atom. The lowest BCUT2D eigenvalue weighted by molar-refractivity contribution is 0.216. The average Bonchev–Trinajstić information content (AvgIpc) is 2.16. The fourth-order valence-corrected chi connectivity index (χ4v) is 0.844. The van der Waals surface area contributed by atoms with Crippen molar-refractivity contribution in [2.45, 2.75) is 33.3 Å². The van der Waals surface area contributed by atoms with Crippen molar-refractivity contribution < 1.29 is 5.11 Å². The normalized spacial score (nSPS) is 9.73. The molecule has 1 rings (SSSR count). The van der Waals surface area contributed by atoms with Crippen LogP contribution in [0.25, 0.3) is 0 Å². The highest BCUT2D eigenvalue weighted by atomic mass is 32.1. The van der Waals surface area contributed by atoms with E-state index in [-0.39, 0.29) is 6.10 Å². The van der Waals surface area contributed by atoms with Crippen molar-refractivity contribution in [3.05, 3.63) is 23.8 Å². The summed E-state index contributed by atoms with van der Waals surface area (Å²) in [7, 11) is 0. The molecule has 0 saturated carbocycles. The van der Waals surface area contributed by atoms with Crippen LogP contribution in [0.5, 0.6) is 0 Å². The van der Waals surface area contributed by atoms with E-state index in [9.17, 15) is 0 Å². The molecule has 0 spiro atoms. The van der Waals surface area contributed by atoms with Gasteiger partial charge in [0.25, 0.3) is 0 Å². The highest BCUT2D eigenvalue weighted by Gasteiger charge is 1.92. The molecular formula is C10H19N3OS. The lowest BCUT2D eigenvalue weighted by Crippen LogP contribution is -2.06. The van der Waals surface area contributed by atoms with Crippen LogP contribution in [0.3, 0.4) is 0 Å². The number of hydrogen-bond donors (Lipinski definition) is 3. The second kappa shape index (κ2) is 8.64. The fourth-order valence-electron chi connectivity index (χ4n) is 0.732. The molecule has 0 bridgehead atoms. The van der Waals surface area contributed by atoms with E-state index in [2.05, 4.69) is 27.5 Å². The first-order valence-corrected chi connectivity index (χ1v) is 5.33. The molecule has 0 aliphatic rings. The van der Waals surface area contributed by atoms with Crippen molar-refractivity contribution in [2.24, 2.45) is 0 Å². The molecule has 5 heteroatoms. The number of aliphatic hydroxyl groups is 1. The van der Waals surface area contributed by atoms with Crippen LogP contribution in [-0.2, 0) is 6.42 Å². The topological polar surface area (TPSA) is 58.0 Å². The van der Waals surface area contributed by atoms with E-state index in [0.29, 0.717) is 0 Å². The zero-order valence-corrected chi connectivity index (χ0v) is 10.3. The summed E-state index contributed by atoms with van der Waals surface area (Å²) in [6.45, 7) is 6.19. The van der Waals surface area contributed by atoms with Crippen molar-refractivity contribution in [2.75, 3.05) is 6.54 Å². The molecule has 0 fully saturated rings. The van der Waals surface area contributed by atoms with Gasteiger partial charge in [-0.1, -0.05) is 12.8 Å². The predicted octanol–water partition coefficient (Wildman–Crippen LogP) is 1.15. The zero-order valence-electron chi connectivity index (χ0n) is 9.44. The highest BCUT2D eigenvalue weighted by molar-refractivity contribution is 7.78. The minimum atomic E-state index is -0.167. The largest absolute Gasteiger partial charge is 0.394 e. The van der Waals surface area contributed by atoms with Crippen LogP contribution in [-0.4, -0.2) is 27.7 Å². The third-order valence-corrected chi connectivity index (χ3v) is 1.55. The lowest BCUT2D eigenvalue weighted by atomic mass is 10.3. The first-order chi connectivity index (χ1) is 7.06. The Morgan fingerprint density at radius 2 is 2.00 bits per heavy atom. The van der Waals surface area contributed by atoms with E-state index >= 15 is 0 Å². The molecule has 4 nitrogen and oxygen atoms in total. The van der Waals surface area contributed by atoms with Gasteiger partial charge in [0.1, 0.15) is 0 Å². The summed E-state index contributed by atoms with van der Waals surface area (Å²) >= 11 is 3.87. The minimum Gasteiger partial charge on any atom is -0.394 e. The van der Waals surface area contributed by atoms with Crippen molar-refractivity contribution in [3.63, 3.8) is 0 Å². The van der Waals surface area contributed by atoms with Gasteiger partial charge in [-0.05, 0) is 20.8 Å². The van der Waals surface area contributed by atoms with E-state index in [1.54, 1.807) is 26.2 Å². The van der Waals surface area contributed by atoms with Gasteiger partial charge in [-0.3, -0.25) is 14.7 Å². The Hall–Kier alpha value is -0.650. The quantitative estimate of drug-likeness (QED) is 0.681. The van der Waals surface area contributed by atoms with Crippen molar-refractivity contribution >= 4 is 12.8 Å². The number of thiol groups is 1. The second-order valence-electron chi connectivity index (χ2n) is 3.40. The number of aliphatic hydroxyl groups excluding tert-OH is 1. The average molecular weight is 229 g/mol. The smallest absolute Gasteiger partial charge is 0.0599 e. The standard InChI is InChI=1S/C7H11N3S.C3H8O/c1-6-4-9-7(5-8-6)2-3-10-11;1-3(2)4/h4-5,10-11H,2-3H2,1H3;3-4H,1-2H3. The summed E-state index contributed by atoms with van der Waals surface area (Å²) < 4.78 is 2.76. The number of rotatable bonds is 3. The predicted molar refractivity (Wildman–Crippen MR) is 64.8 cm³/mol. The molecule has 1 heterocycles. The molecule has 86 valence electrons. The van der Waals surface area contributed by atoms with E-state index in [1.807, 2.05) is 6.92 Å². The third-order valence-electron chi connectivity index (χ3n) is 1.33. The van der Waals surface area contributed by atoms with Crippen molar-refractivity contribution in [1.82, 2.24) is 14.7 Å². The summed E-state index contributed by atoms with van der Waals surface area (Å²) in [6.07, 6.45) is 4.27. The first-order valence-electron chi connectivity index (χ1n) is 4.88. The first kappa shape index (κ1) is 14.3. The molecule has 2 N–H and O–H groups in total. The van der Waals surface area contributed by atoms with Crippen LogP contribution in [0.2, 0.25) is 0 Å². The fraction of sp³-hybridized carbons (Fsp3) is 0.600. The molecule has 0 saturated heterocycles. The number of aryl methyl sites for hydroxylation is 1. The molecule has 15 heavy (non-hydrogen) atoms. The number of nitrogens with one attached hydrogen (secondary N) is 1. The van der Waals surface area contributed by atoms with Crippen molar-refractivity contribution in [1.29, 1.82) is 0 Å². The molecule has 1 aromatic heterocycles. The molecule has 0 radical (unpaired) electrons. The van der Waals surface area contributed by atoms with Crippen LogP contribution in [0.1, 0.15) is 25.2 Å². The number of hydrogen-bond acceptors (Lipinski definition) is 5. The summed E-state index contributed by atoms with van der Waals surface area (Å²) in [5, 5.41) is 8.06. The molecule has 0 atom stereocenters. The van der Waals surface area contributed by atoms with E-state index < -0.39 is 0 Å². The van der Waals surface area contributed by atoms with Gasteiger partial charge in [-0.25, -0.2) is 0 Å². The van der Waals surface area contributed by atoms with Crippen LogP contribution < -0.4 is 4.72 Å². The van der Waals surface area contributed by atoms with Gasteiger partial charge in [-0.15, -0.1) is 0 Å². The van der Waals surface area contributed by atoms with Crippen LogP contribution in [0.4, 0.5) is 0 Å². The maximum atomic E-state index is 8.06.